The molecule has 21 heavy (non-hydrogen) atoms. The van der Waals surface area contributed by atoms with Crippen LogP contribution in [0.2, 0.25) is 0 Å². The van der Waals surface area contributed by atoms with Crippen molar-refractivity contribution in [3.8, 4) is 0 Å². The predicted molar refractivity (Wildman–Crippen MR) is 80.5 cm³/mol. The summed E-state index contributed by atoms with van der Waals surface area (Å²) in [6.45, 7) is 2.05. The first-order valence-electron chi connectivity index (χ1n) is 6.09. The quantitative estimate of drug-likeness (QED) is 0.750. The van der Waals surface area contributed by atoms with Gasteiger partial charge in [-0.2, -0.15) is 0 Å². The summed E-state index contributed by atoms with van der Waals surface area (Å²) in [5.41, 5.74) is 7.51. The number of fused-ring (bicyclic) bond motifs is 1. The molecule has 3 rings (SSSR count). The molecule has 0 aromatic carbocycles. The van der Waals surface area contributed by atoms with E-state index in [2.05, 4.69) is 14.7 Å². The molecule has 0 radical (unpaired) electrons. The summed E-state index contributed by atoms with van der Waals surface area (Å²) in [6.07, 6.45) is 4.95. The topological polar surface area (TPSA) is 102 Å². The number of hydrogen-bond donors (Lipinski definition) is 2. The molecule has 0 amide bonds. The monoisotopic (exact) mass is 323 g/mol. The van der Waals surface area contributed by atoms with E-state index in [1.165, 1.54) is 15.7 Å². The molecule has 0 aliphatic rings. The number of nitrogens with one attached hydrogen (secondary N) is 1. The van der Waals surface area contributed by atoms with Gasteiger partial charge in [0.15, 0.2) is 15.8 Å². The van der Waals surface area contributed by atoms with Gasteiger partial charge in [0, 0.05) is 30.5 Å². The number of anilines is 1. The lowest BCUT2D eigenvalue weighted by atomic mass is 10.2. The van der Waals surface area contributed by atoms with Gasteiger partial charge >= 0.3 is 0 Å². The molecule has 7 nitrogen and oxygen atoms in total. The Kier molecular flexibility index (Phi) is 3.40. The van der Waals surface area contributed by atoms with Crippen molar-refractivity contribution >= 4 is 32.1 Å². The lowest BCUT2D eigenvalue weighted by molar-refractivity contribution is 0.577. The molecule has 0 fully saturated rings. The molecule has 110 valence electrons. The standard InChI is InChI=1S/C12H13N5O2S2/c1-8-6-14-3-2-9(8)7-15-21(18,19)11-10(13)16-12-17(11)4-5-20-12/h2-6,15H,7,13H2,1H3. The first-order chi connectivity index (χ1) is 9.99. The highest BCUT2D eigenvalue weighted by molar-refractivity contribution is 7.89. The van der Waals surface area contributed by atoms with Crippen molar-refractivity contribution in [3.05, 3.63) is 41.2 Å². The summed E-state index contributed by atoms with van der Waals surface area (Å²) in [7, 11) is -3.75. The van der Waals surface area contributed by atoms with Crippen LogP contribution in [0.4, 0.5) is 5.82 Å². The molecule has 0 aliphatic carbocycles. The first-order valence-corrected chi connectivity index (χ1v) is 8.45. The van der Waals surface area contributed by atoms with Crippen molar-refractivity contribution in [2.24, 2.45) is 0 Å². The highest BCUT2D eigenvalue weighted by atomic mass is 32.2. The Balaban J connectivity index is 1.93. The normalized spacial score (nSPS) is 12.0. The number of imidazole rings is 1. The maximum absolute atomic E-state index is 12.4. The largest absolute Gasteiger partial charge is 0.381 e. The zero-order valence-corrected chi connectivity index (χ0v) is 12.8. The maximum atomic E-state index is 12.4. The van der Waals surface area contributed by atoms with Crippen molar-refractivity contribution < 1.29 is 8.42 Å². The zero-order valence-electron chi connectivity index (χ0n) is 11.1. The third-order valence-corrected chi connectivity index (χ3v) is 5.28. The summed E-state index contributed by atoms with van der Waals surface area (Å²) in [5.74, 6) is 0.000741. The van der Waals surface area contributed by atoms with Crippen molar-refractivity contribution in [2.45, 2.75) is 18.5 Å². The number of sulfonamides is 1. The summed E-state index contributed by atoms with van der Waals surface area (Å²) in [6, 6.07) is 1.78. The van der Waals surface area contributed by atoms with E-state index in [0.29, 0.717) is 4.96 Å². The Morgan fingerprint density at radius 1 is 1.48 bits per heavy atom. The van der Waals surface area contributed by atoms with Gasteiger partial charge in [-0.05, 0) is 24.1 Å². The minimum Gasteiger partial charge on any atom is -0.381 e. The van der Waals surface area contributed by atoms with Gasteiger partial charge in [-0.3, -0.25) is 9.38 Å². The average molecular weight is 323 g/mol. The predicted octanol–water partition coefficient (Wildman–Crippen LogP) is 1.16. The molecule has 0 aliphatic heterocycles. The van der Waals surface area contributed by atoms with Gasteiger partial charge in [0.1, 0.15) is 0 Å². The van der Waals surface area contributed by atoms with Crippen LogP contribution in [0.15, 0.2) is 35.1 Å². The minimum atomic E-state index is -3.75. The second kappa shape index (κ2) is 5.10. The fraction of sp³-hybridized carbons (Fsp3) is 0.167. The Morgan fingerprint density at radius 2 is 2.29 bits per heavy atom. The molecule has 9 heteroatoms. The molecular weight excluding hydrogens is 310 g/mol. The number of hydrogen-bond acceptors (Lipinski definition) is 6. The number of aryl methyl sites for hydroxylation is 1. The van der Waals surface area contributed by atoms with E-state index in [9.17, 15) is 8.42 Å². The Morgan fingerprint density at radius 3 is 3.05 bits per heavy atom. The smallest absolute Gasteiger partial charge is 0.260 e. The highest BCUT2D eigenvalue weighted by Gasteiger charge is 2.24. The number of nitrogen functional groups attached to an aromatic ring is 1. The number of rotatable bonds is 4. The molecule has 3 N–H and O–H groups in total. The Hall–Kier alpha value is -1.97. The van der Waals surface area contributed by atoms with E-state index in [1.807, 2.05) is 6.92 Å². The second-order valence-corrected chi connectivity index (χ2v) is 7.04. The van der Waals surface area contributed by atoms with Crippen LogP contribution in [0.3, 0.4) is 0 Å². The molecule has 0 bridgehead atoms. The molecule has 0 unspecified atom stereocenters. The van der Waals surface area contributed by atoms with Crippen molar-refractivity contribution in [1.82, 2.24) is 19.1 Å². The molecule has 0 atom stereocenters. The van der Waals surface area contributed by atoms with Crippen LogP contribution in [0.5, 0.6) is 0 Å². The van der Waals surface area contributed by atoms with Crippen LogP contribution < -0.4 is 10.5 Å². The fourth-order valence-corrected chi connectivity index (χ4v) is 3.98. The molecule has 0 saturated heterocycles. The number of pyridine rings is 1. The fourth-order valence-electron chi connectivity index (χ4n) is 1.99. The van der Waals surface area contributed by atoms with E-state index in [-0.39, 0.29) is 17.4 Å². The van der Waals surface area contributed by atoms with Crippen molar-refractivity contribution in [1.29, 1.82) is 0 Å². The number of thiazole rings is 1. The highest BCUT2D eigenvalue weighted by Crippen LogP contribution is 2.23. The maximum Gasteiger partial charge on any atom is 0.260 e. The van der Waals surface area contributed by atoms with Crippen LogP contribution >= 0.6 is 11.3 Å². The second-order valence-electron chi connectivity index (χ2n) is 4.48. The van der Waals surface area contributed by atoms with Crippen LogP contribution in [-0.4, -0.2) is 22.8 Å². The van der Waals surface area contributed by atoms with Crippen LogP contribution in [-0.2, 0) is 16.6 Å². The number of nitrogens with two attached hydrogens (primary N) is 1. The van der Waals surface area contributed by atoms with Crippen molar-refractivity contribution in [3.63, 3.8) is 0 Å². The van der Waals surface area contributed by atoms with Crippen LogP contribution in [0.25, 0.3) is 4.96 Å². The SMILES string of the molecule is Cc1cnccc1CNS(=O)(=O)c1c(N)nc2sccn12. The summed E-state index contributed by atoms with van der Waals surface area (Å²) >= 11 is 1.33. The van der Waals surface area contributed by atoms with E-state index in [0.717, 1.165) is 11.1 Å². The van der Waals surface area contributed by atoms with E-state index < -0.39 is 10.0 Å². The summed E-state index contributed by atoms with van der Waals surface area (Å²) < 4.78 is 28.9. The van der Waals surface area contributed by atoms with Crippen molar-refractivity contribution in [2.75, 3.05) is 5.73 Å². The molecule has 0 saturated carbocycles. The van der Waals surface area contributed by atoms with Gasteiger partial charge in [0.2, 0.25) is 0 Å². The van der Waals surface area contributed by atoms with Gasteiger partial charge in [-0.1, -0.05) is 0 Å². The van der Waals surface area contributed by atoms with Gasteiger partial charge < -0.3 is 5.73 Å². The van der Waals surface area contributed by atoms with Crippen LogP contribution in [0.1, 0.15) is 11.1 Å². The minimum absolute atomic E-state index is 0.000741. The molecule has 3 aromatic heterocycles. The third kappa shape index (κ3) is 2.50. The van der Waals surface area contributed by atoms with Crippen LogP contribution in [0, 0.1) is 6.92 Å². The molecule has 3 aromatic rings. The van der Waals surface area contributed by atoms with Gasteiger partial charge in [-0.15, -0.1) is 11.3 Å². The summed E-state index contributed by atoms with van der Waals surface area (Å²) in [5, 5.41) is 1.74. The lowest BCUT2D eigenvalue weighted by Crippen LogP contribution is -2.25. The molecule has 0 spiro atoms. The Labute approximate surface area is 125 Å². The van der Waals surface area contributed by atoms with Gasteiger partial charge in [0.25, 0.3) is 10.0 Å². The van der Waals surface area contributed by atoms with E-state index >= 15 is 0 Å². The van der Waals surface area contributed by atoms with Gasteiger partial charge in [-0.25, -0.2) is 18.1 Å². The third-order valence-electron chi connectivity index (χ3n) is 3.09. The average Bonchev–Trinajstić information content (AvgIpc) is 2.97. The van der Waals surface area contributed by atoms with Gasteiger partial charge in [0.05, 0.1) is 0 Å². The lowest BCUT2D eigenvalue weighted by Gasteiger charge is -2.08. The first kappa shape index (κ1) is 14.0. The molecular formula is C12H13N5O2S2. The summed E-state index contributed by atoms with van der Waals surface area (Å²) in [4.78, 5) is 8.57. The Bertz CT molecular complexity index is 897. The number of nitrogens with zero attached hydrogens (tertiary/aromatic N) is 3. The number of aromatic nitrogens is 3. The zero-order chi connectivity index (χ0) is 15.0. The van der Waals surface area contributed by atoms with E-state index in [4.69, 9.17) is 5.73 Å². The molecule has 3 heterocycles. The van der Waals surface area contributed by atoms with E-state index in [1.54, 1.807) is 30.0 Å².